The van der Waals surface area contributed by atoms with E-state index >= 15 is 0 Å². The molecule has 1 fully saturated rings. The number of nitro groups is 1. The molecule has 5 radical (unpaired) electrons. The summed E-state index contributed by atoms with van der Waals surface area (Å²) >= 11 is 0. The third-order valence-corrected chi connectivity index (χ3v) is 2.61. The van der Waals surface area contributed by atoms with Gasteiger partial charge in [-0.1, -0.05) is 0 Å². The summed E-state index contributed by atoms with van der Waals surface area (Å²) in [7, 11) is 0. The van der Waals surface area contributed by atoms with Gasteiger partial charge in [-0.25, -0.2) is 4.98 Å². The fraction of sp³-hybridized carbons (Fsp3) is 0. The number of aromatic nitrogens is 2. The maximum atomic E-state index is 10.7. The molecule has 1 aromatic heterocycles. The third-order valence-electron chi connectivity index (χ3n) is 2.61. The SMILES string of the molecule is O=[N+]([O-])c1ccc2nc([C]3[CH][CH][CH][CH]3)[nH]c2c1. The van der Waals surface area contributed by atoms with E-state index in [1.54, 1.807) is 6.07 Å². The Labute approximate surface area is 98.0 Å². The lowest BCUT2D eigenvalue weighted by Crippen LogP contribution is -1.96. The van der Waals surface area contributed by atoms with Crippen LogP contribution in [0.1, 0.15) is 5.82 Å². The van der Waals surface area contributed by atoms with Gasteiger partial charge in [0, 0.05) is 18.1 Å². The Bertz CT molecular complexity index is 570. The number of hydrogen-bond donors (Lipinski definition) is 1. The fourth-order valence-corrected chi connectivity index (χ4v) is 1.78. The molecule has 0 bridgehead atoms. The number of benzene rings is 1. The van der Waals surface area contributed by atoms with E-state index in [0.717, 1.165) is 17.3 Å². The first-order chi connectivity index (χ1) is 8.24. The minimum Gasteiger partial charge on any atom is -0.341 e. The Hall–Kier alpha value is -1.91. The van der Waals surface area contributed by atoms with E-state index in [0.29, 0.717) is 5.52 Å². The zero-order valence-corrected chi connectivity index (χ0v) is 8.75. The topological polar surface area (TPSA) is 71.8 Å². The van der Waals surface area contributed by atoms with E-state index in [9.17, 15) is 10.1 Å². The van der Waals surface area contributed by atoms with Crippen molar-refractivity contribution in [1.29, 1.82) is 0 Å². The van der Waals surface area contributed by atoms with E-state index in [1.807, 2.05) is 25.7 Å². The highest BCUT2D eigenvalue weighted by Gasteiger charge is 2.22. The minimum atomic E-state index is -0.414. The molecular weight excluding hydrogens is 218 g/mol. The highest BCUT2D eigenvalue weighted by molar-refractivity contribution is 5.78. The number of aromatic amines is 1. The first-order valence-corrected chi connectivity index (χ1v) is 5.10. The van der Waals surface area contributed by atoms with E-state index in [4.69, 9.17) is 0 Å². The Morgan fingerprint density at radius 3 is 2.71 bits per heavy atom. The molecule has 1 aliphatic carbocycles. The second kappa shape index (κ2) is 3.84. The van der Waals surface area contributed by atoms with E-state index < -0.39 is 4.92 Å². The maximum Gasteiger partial charge on any atom is 0.271 e. The van der Waals surface area contributed by atoms with Gasteiger partial charge in [0.25, 0.3) is 5.69 Å². The van der Waals surface area contributed by atoms with Crippen LogP contribution in [0.4, 0.5) is 5.69 Å². The Morgan fingerprint density at radius 2 is 2.00 bits per heavy atom. The molecule has 0 spiro atoms. The first kappa shape index (κ1) is 10.3. The molecule has 17 heavy (non-hydrogen) atoms. The molecule has 1 heterocycles. The molecule has 2 aromatic rings. The van der Waals surface area contributed by atoms with Crippen LogP contribution in [0, 0.1) is 41.7 Å². The lowest BCUT2D eigenvalue weighted by atomic mass is 10.1. The zero-order chi connectivity index (χ0) is 11.8. The van der Waals surface area contributed by atoms with Gasteiger partial charge in [-0.2, -0.15) is 0 Å². The summed E-state index contributed by atoms with van der Waals surface area (Å²) in [6.45, 7) is 0. The zero-order valence-electron chi connectivity index (χ0n) is 8.75. The average molecular weight is 226 g/mol. The van der Waals surface area contributed by atoms with Gasteiger partial charge < -0.3 is 4.98 Å². The molecule has 0 unspecified atom stereocenters. The molecular formula is C12H8N3O2. The van der Waals surface area contributed by atoms with Gasteiger partial charge in [0.1, 0.15) is 5.82 Å². The summed E-state index contributed by atoms with van der Waals surface area (Å²) < 4.78 is 0. The van der Waals surface area contributed by atoms with Crippen molar-refractivity contribution in [3.63, 3.8) is 0 Å². The molecule has 3 rings (SSSR count). The van der Waals surface area contributed by atoms with Gasteiger partial charge in [-0.15, -0.1) is 0 Å². The summed E-state index contributed by atoms with van der Waals surface area (Å²) in [6, 6.07) is 4.60. The lowest BCUT2D eigenvalue weighted by Gasteiger charge is -2.00. The molecule has 0 aliphatic heterocycles. The van der Waals surface area contributed by atoms with Gasteiger partial charge in [-0.05, 0) is 31.7 Å². The van der Waals surface area contributed by atoms with Crippen LogP contribution < -0.4 is 0 Å². The number of nitrogens with zero attached hydrogens (tertiary/aromatic N) is 2. The van der Waals surface area contributed by atoms with Crippen LogP contribution >= 0.6 is 0 Å². The number of fused-ring (bicyclic) bond motifs is 1. The predicted molar refractivity (Wildman–Crippen MR) is 62.3 cm³/mol. The van der Waals surface area contributed by atoms with Crippen molar-refractivity contribution in [3.8, 4) is 0 Å². The van der Waals surface area contributed by atoms with Gasteiger partial charge >= 0.3 is 0 Å². The lowest BCUT2D eigenvalue weighted by molar-refractivity contribution is -0.384. The number of nitro benzene ring substituents is 1. The smallest absolute Gasteiger partial charge is 0.271 e. The molecule has 0 amide bonds. The van der Waals surface area contributed by atoms with Crippen LogP contribution in [0.5, 0.6) is 0 Å². The van der Waals surface area contributed by atoms with Crippen molar-refractivity contribution >= 4 is 16.7 Å². The Kier molecular flexibility index (Phi) is 2.31. The maximum absolute atomic E-state index is 10.7. The number of hydrogen-bond acceptors (Lipinski definition) is 3. The van der Waals surface area contributed by atoms with Gasteiger partial charge in [0.15, 0.2) is 0 Å². The summed E-state index contributed by atoms with van der Waals surface area (Å²) in [5.41, 5.74) is 1.47. The van der Waals surface area contributed by atoms with E-state index in [-0.39, 0.29) is 5.69 Å². The molecule has 1 saturated carbocycles. The van der Waals surface area contributed by atoms with Gasteiger partial charge in [-0.3, -0.25) is 10.1 Å². The van der Waals surface area contributed by atoms with Crippen LogP contribution in [-0.2, 0) is 0 Å². The van der Waals surface area contributed by atoms with Crippen LogP contribution in [0.15, 0.2) is 18.2 Å². The highest BCUT2D eigenvalue weighted by atomic mass is 16.6. The van der Waals surface area contributed by atoms with Crippen molar-refractivity contribution in [2.45, 2.75) is 0 Å². The third kappa shape index (κ3) is 1.77. The molecule has 0 atom stereocenters. The minimum absolute atomic E-state index is 0.0650. The van der Waals surface area contributed by atoms with E-state index in [2.05, 4.69) is 9.97 Å². The number of nitrogens with one attached hydrogen (secondary N) is 1. The Balaban J connectivity index is 2.03. The summed E-state index contributed by atoms with van der Waals surface area (Å²) in [4.78, 5) is 17.7. The van der Waals surface area contributed by atoms with Crippen molar-refractivity contribution in [2.75, 3.05) is 0 Å². The normalized spacial score (nSPS) is 16.7. The second-order valence-electron chi connectivity index (χ2n) is 3.72. The second-order valence-corrected chi connectivity index (χ2v) is 3.72. The summed E-state index contributed by atoms with van der Waals surface area (Å²) in [6.07, 6.45) is 7.72. The molecule has 5 nitrogen and oxygen atoms in total. The average Bonchev–Trinajstić information content (AvgIpc) is 2.96. The first-order valence-electron chi connectivity index (χ1n) is 5.10. The molecule has 1 aromatic carbocycles. The summed E-state index contributed by atoms with van der Waals surface area (Å²) in [5, 5.41) is 10.7. The van der Waals surface area contributed by atoms with E-state index in [1.165, 1.54) is 12.1 Å². The number of non-ortho nitro benzene ring substituents is 1. The van der Waals surface area contributed by atoms with Crippen LogP contribution in [0.25, 0.3) is 11.0 Å². The number of imidazole rings is 1. The van der Waals surface area contributed by atoms with Crippen molar-refractivity contribution in [2.24, 2.45) is 0 Å². The van der Waals surface area contributed by atoms with Gasteiger partial charge in [0.2, 0.25) is 0 Å². The van der Waals surface area contributed by atoms with Crippen LogP contribution in [0.3, 0.4) is 0 Å². The quantitative estimate of drug-likeness (QED) is 0.630. The molecule has 83 valence electrons. The monoisotopic (exact) mass is 226 g/mol. The number of H-pyrrole nitrogens is 1. The molecule has 0 saturated heterocycles. The van der Waals surface area contributed by atoms with Crippen molar-refractivity contribution in [3.05, 3.63) is 65.7 Å². The standard InChI is InChI=1S/C12H8N3O2/c16-15(17)9-5-6-10-11(7-9)14-12(13-10)8-3-1-2-4-8/h1-7H,(H,13,14). The van der Waals surface area contributed by atoms with Crippen LogP contribution in [0.2, 0.25) is 0 Å². The fourth-order valence-electron chi connectivity index (χ4n) is 1.78. The van der Waals surface area contributed by atoms with Crippen LogP contribution in [-0.4, -0.2) is 14.9 Å². The highest BCUT2D eigenvalue weighted by Crippen LogP contribution is 2.30. The largest absolute Gasteiger partial charge is 0.341 e. The number of rotatable bonds is 2. The van der Waals surface area contributed by atoms with Gasteiger partial charge in [0.05, 0.1) is 16.0 Å². The molecule has 1 N–H and O–H groups in total. The Morgan fingerprint density at radius 1 is 1.24 bits per heavy atom. The van der Waals surface area contributed by atoms with Crippen molar-refractivity contribution in [1.82, 2.24) is 9.97 Å². The predicted octanol–water partition coefficient (Wildman–Crippen LogP) is 2.22. The molecule has 5 heteroatoms. The van der Waals surface area contributed by atoms with Crippen molar-refractivity contribution < 1.29 is 4.92 Å². The summed E-state index contributed by atoms with van der Waals surface area (Å²) in [5.74, 6) is 1.70. The molecule has 1 aliphatic rings.